The van der Waals surface area contributed by atoms with Crippen molar-refractivity contribution >= 4 is 5.97 Å². The molecule has 0 aliphatic carbocycles. The number of carbonyl (C=O) groups is 1. The van der Waals surface area contributed by atoms with Gasteiger partial charge < -0.3 is 4.74 Å². The van der Waals surface area contributed by atoms with E-state index in [1.165, 1.54) is 42.9 Å². The first-order valence-corrected chi connectivity index (χ1v) is 11.3. The van der Waals surface area contributed by atoms with E-state index >= 15 is 0 Å². The molecule has 0 unspecified atom stereocenters. The lowest BCUT2D eigenvalue weighted by molar-refractivity contribution is -0.141. The molecule has 2 heterocycles. The molecule has 0 aliphatic rings. The molecule has 2 aromatic heterocycles. The second-order valence-electron chi connectivity index (χ2n) is 8.21. The minimum absolute atomic E-state index is 0.00620. The number of hydrogen-bond acceptors (Lipinski definition) is 6. The highest BCUT2D eigenvalue weighted by atomic mass is 19.4. The molecule has 0 N–H and O–H groups in total. The molecule has 0 saturated heterocycles. The SMILES string of the molecule is CC(=O)OCCn1c(=O)c(-c2ccnn2-c2ccc(C#N)cc2)c(C)n(-c2cccc(C(F)(F)F)c2)c1=O. The summed E-state index contributed by atoms with van der Waals surface area (Å²) in [6, 6.07) is 14.1. The van der Waals surface area contributed by atoms with E-state index in [9.17, 15) is 27.6 Å². The van der Waals surface area contributed by atoms with E-state index in [0.29, 0.717) is 11.3 Å². The third kappa shape index (κ3) is 4.99. The van der Waals surface area contributed by atoms with Gasteiger partial charge in [-0.3, -0.25) is 18.7 Å². The molecule has 194 valence electrons. The lowest BCUT2D eigenvalue weighted by Crippen LogP contribution is -2.42. The maximum absolute atomic E-state index is 13.6. The Hall–Kier alpha value is -4.92. The first kappa shape index (κ1) is 26.2. The number of nitriles is 1. The fourth-order valence-electron chi connectivity index (χ4n) is 4.03. The molecule has 0 radical (unpaired) electrons. The summed E-state index contributed by atoms with van der Waals surface area (Å²) in [7, 11) is 0. The van der Waals surface area contributed by atoms with Crippen molar-refractivity contribution < 1.29 is 22.7 Å². The summed E-state index contributed by atoms with van der Waals surface area (Å²) in [5.41, 5.74) is -1.44. The maximum atomic E-state index is 13.6. The third-order valence-electron chi connectivity index (χ3n) is 5.77. The fourth-order valence-corrected chi connectivity index (χ4v) is 4.03. The number of hydrogen-bond donors (Lipinski definition) is 0. The van der Waals surface area contributed by atoms with Crippen LogP contribution in [0.5, 0.6) is 0 Å². The summed E-state index contributed by atoms with van der Waals surface area (Å²) >= 11 is 0. The number of ether oxygens (including phenoxy) is 1. The standard InChI is InChI=1S/C26H20F3N5O4/c1-16-23(22-10-11-31-34(22)20-8-6-18(15-30)7-9-20)24(36)32(12-13-38-17(2)35)25(37)33(16)21-5-3-4-19(14-21)26(27,28)29/h3-11,14H,12-13H2,1-2H3. The van der Waals surface area contributed by atoms with E-state index in [1.807, 2.05) is 6.07 Å². The van der Waals surface area contributed by atoms with Crippen LogP contribution in [0.15, 0.2) is 70.4 Å². The first-order valence-electron chi connectivity index (χ1n) is 11.3. The predicted molar refractivity (Wildman–Crippen MR) is 130 cm³/mol. The van der Waals surface area contributed by atoms with Gasteiger partial charge in [-0.05, 0) is 55.5 Å². The van der Waals surface area contributed by atoms with Crippen LogP contribution in [-0.4, -0.2) is 31.5 Å². The van der Waals surface area contributed by atoms with Gasteiger partial charge in [0.25, 0.3) is 5.56 Å². The lowest BCUT2D eigenvalue weighted by atomic mass is 10.1. The maximum Gasteiger partial charge on any atom is 0.416 e. The smallest absolute Gasteiger partial charge is 0.416 e. The average Bonchev–Trinajstić information content (AvgIpc) is 3.35. The molecule has 0 atom stereocenters. The van der Waals surface area contributed by atoms with Gasteiger partial charge >= 0.3 is 17.8 Å². The molecule has 0 saturated carbocycles. The number of aromatic nitrogens is 4. The van der Waals surface area contributed by atoms with E-state index in [1.54, 1.807) is 24.3 Å². The van der Waals surface area contributed by atoms with Gasteiger partial charge in [0.05, 0.1) is 52.6 Å². The van der Waals surface area contributed by atoms with E-state index in [2.05, 4.69) is 5.10 Å². The molecule has 38 heavy (non-hydrogen) atoms. The largest absolute Gasteiger partial charge is 0.464 e. The van der Waals surface area contributed by atoms with Crippen LogP contribution in [0.3, 0.4) is 0 Å². The van der Waals surface area contributed by atoms with E-state index in [0.717, 1.165) is 21.3 Å². The van der Waals surface area contributed by atoms with Gasteiger partial charge in [0, 0.05) is 12.6 Å². The zero-order valence-corrected chi connectivity index (χ0v) is 20.2. The minimum Gasteiger partial charge on any atom is -0.464 e. The number of benzene rings is 2. The van der Waals surface area contributed by atoms with Crippen molar-refractivity contribution in [3.05, 3.63) is 98.5 Å². The van der Waals surface area contributed by atoms with Gasteiger partial charge in [-0.2, -0.15) is 23.5 Å². The quantitative estimate of drug-likeness (QED) is 0.357. The van der Waals surface area contributed by atoms with E-state index < -0.39 is 29.0 Å². The van der Waals surface area contributed by atoms with Crippen molar-refractivity contribution in [2.24, 2.45) is 0 Å². The fraction of sp³-hybridized carbons (Fsp3) is 0.192. The molecule has 9 nitrogen and oxygen atoms in total. The van der Waals surface area contributed by atoms with Gasteiger partial charge in [0.15, 0.2) is 0 Å². The molecule has 0 aliphatic heterocycles. The molecule has 4 rings (SSSR count). The first-order chi connectivity index (χ1) is 18.0. The number of alkyl halides is 3. The van der Waals surface area contributed by atoms with Crippen LogP contribution in [0.25, 0.3) is 22.6 Å². The topological polar surface area (TPSA) is 112 Å². The number of halogens is 3. The number of esters is 1. The molecule has 0 fully saturated rings. The monoisotopic (exact) mass is 523 g/mol. The summed E-state index contributed by atoms with van der Waals surface area (Å²) in [6.07, 6.45) is -3.23. The van der Waals surface area contributed by atoms with Crippen LogP contribution in [0.4, 0.5) is 13.2 Å². The lowest BCUT2D eigenvalue weighted by Gasteiger charge is -2.19. The van der Waals surface area contributed by atoms with Crippen LogP contribution in [0.1, 0.15) is 23.7 Å². The van der Waals surface area contributed by atoms with Crippen molar-refractivity contribution in [1.82, 2.24) is 18.9 Å². The molecule has 2 aromatic carbocycles. The number of carbonyl (C=O) groups excluding carboxylic acids is 1. The molecule has 0 amide bonds. The average molecular weight is 523 g/mol. The van der Waals surface area contributed by atoms with Gasteiger partial charge in [0.2, 0.25) is 0 Å². The van der Waals surface area contributed by atoms with E-state index in [-0.39, 0.29) is 35.8 Å². The Morgan fingerprint density at radius 2 is 1.79 bits per heavy atom. The van der Waals surface area contributed by atoms with Gasteiger partial charge in [-0.1, -0.05) is 6.07 Å². The van der Waals surface area contributed by atoms with Crippen LogP contribution in [0.2, 0.25) is 0 Å². The Kier molecular flexibility index (Phi) is 7.03. The van der Waals surface area contributed by atoms with Gasteiger partial charge in [-0.25, -0.2) is 9.48 Å². The van der Waals surface area contributed by atoms with Crippen LogP contribution < -0.4 is 11.2 Å². The Morgan fingerprint density at radius 1 is 1.08 bits per heavy atom. The highest BCUT2D eigenvalue weighted by Crippen LogP contribution is 2.31. The summed E-state index contributed by atoms with van der Waals surface area (Å²) in [5.74, 6) is -0.623. The van der Waals surface area contributed by atoms with Crippen molar-refractivity contribution in [1.29, 1.82) is 5.26 Å². The number of rotatable bonds is 6. The molecule has 4 aromatic rings. The van der Waals surface area contributed by atoms with Crippen LogP contribution >= 0.6 is 0 Å². The van der Waals surface area contributed by atoms with Crippen molar-refractivity contribution in [2.45, 2.75) is 26.6 Å². The van der Waals surface area contributed by atoms with Crippen LogP contribution in [-0.2, 0) is 22.3 Å². The Balaban J connectivity index is 1.99. The molecule has 0 spiro atoms. The van der Waals surface area contributed by atoms with E-state index in [4.69, 9.17) is 10.00 Å². The Labute approximate surface area is 213 Å². The Bertz CT molecular complexity index is 1680. The summed E-state index contributed by atoms with van der Waals surface area (Å²) < 4.78 is 48.5. The number of nitrogens with zero attached hydrogens (tertiary/aromatic N) is 5. The summed E-state index contributed by atoms with van der Waals surface area (Å²) in [6.45, 7) is 1.99. The normalized spacial score (nSPS) is 11.3. The molecule has 0 bridgehead atoms. The second kappa shape index (κ2) is 10.2. The van der Waals surface area contributed by atoms with Crippen molar-refractivity contribution in [2.75, 3.05) is 6.61 Å². The zero-order valence-electron chi connectivity index (χ0n) is 20.2. The molecular weight excluding hydrogens is 503 g/mol. The summed E-state index contributed by atoms with van der Waals surface area (Å²) in [4.78, 5) is 38.3. The molecular formula is C26H20F3N5O4. The van der Waals surface area contributed by atoms with Crippen molar-refractivity contribution in [3.63, 3.8) is 0 Å². The highest BCUT2D eigenvalue weighted by Gasteiger charge is 2.31. The van der Waals surface area contributed by atoms with Gasteiger partial charge in [0.1, 0.15) is 6.61 Å². The van der Waals surface area contributed by atoms with Crippen LogP contribution in [0, 0.1) is 18.3 Å². The highest BCUT2D eigenvalue weighted by molar-refractivity contribution is 5.66. The minimum atomic E-state index is -4.66. The third-order valence-corrected chi connectivity index (χ3v) is 5.77. The summed E-state index contributed by atoms with van der Waals surface area (Å²) in [5, 5.41) is 13.4. The Morgan fingerprint density at radius 3 is 2.42 bits per heavy atom. The zero-order chi connectivity index (χ0) is 27.6. The van der Waals surface area contributed by atoms with Gasteiger partial charge in [-0.15, -0.1) is 0 Å². The predicted octanol–water partition coefficient (Wildman–Crippen LogP) is 3.61. The second-order valence-corrected chi connectivity index (χ2v) is 8.21. The molecule has 12 heteroatoms. The van der Waals surface area contributed by atoms with Crippen molar-refractivity contribution in [3.8, 4) is 28.7 Å².